The van der Waals surface area contributed by atoms with Crippen molar-refractivity contribution in [3.8, 4) is 0 Å². The number of carbonyl (C=O) groups is 2. The zero-order chi connectivity index (χ0) is 20.9. The first-order valence-electron chi connectivity index (χ1n) is 9.82. The molecule has 1 saturated carbocycles. The molecule has 7 nitrogen and oxygen atoms in total. The quantitative estimate of drug-likeness (QED) is 0.665. The predicted molar refractivity (Wildman–Crippen MR) is 107 cm³/mol. The van der Waals surface area contributed by atoms with Crippen molar-refractivity contribution in [3.05, 3.63) is 29.3 Å². The Morgan fingerprint density at radius 1 is 1.21 bits per heavy atom. The van der Waals surface area contributed by atoms with E-state index in [4.69, 9.17) is 4.74 Å². The van der Waals surface area contributed by atoms with Gasteiger partial charge in [-0.15, -0.1) is 0 Å². The number of aryl methyl sites for hydroxylation is 1. The number of carbonyl (C=O) groups excluding carboxylic acids is 2. The highest BCUT2D eigenvalue weighted by molar-refractivity contribution is 7.89. The molecular weight excluding hydrogens is 380 g/mol. The van der Waals surface area contributed by atoms with Crippen molar-refractivity contribution in [2.45, 2.75) is 70.4 Å². The van der Waals surface area contributed by atoms with Crippen molar-refractivity contribution in [1.82, 2.24) is 9.62 Å². The van der Waals surface area contributed by atoms with Crippen molar-refractivity contribution in [3.63, 3.8) is 0 Å². The van der Waals surface area contributed by atoms with Gasteiger partial charge in [-0.2, -0.15) is 4.31 Å². The minimum Gasteiger partial charge on any atom is -0.449 e. The first-order valence-corrected chi connectivity index (χ1v) is 11.3. The van der Waals surface area contributed by atoms with E-state index in [1.54, 1.807) is 26.8 Å². The Morgan fingerprint density at radius 2 is 1.82 bits per heavy atom. The average Bonchev–Trinajstić information content (AvgIpc) is 3.15. The summed E-state index contributed by atoms with van der Waals surface area (Å²) < 4.78 is 32.1. The van der Waals surface area contributed by atoms with E-state index in [9.17, 15) is 18.0 Å². The van der Waals surface area contributed by atoms with Crippen LogP contribution in [0.15, 0.2) is 23.1 Å². The van der Waals surface area contributed by atoms with Gasteiger partial charge in [-0.1, -0.05) is 32.8 Å². The number of rotatable bonds is 8. The number of esters is 1. The number of nitrogens with one attached hydrogen (secondary N) is 1. The van der Waals surface area contributed by atoms with Crippen LogP contribution in [0.5, 0.6) is 0 Å². The molecule has 0 radical (unpaired) electrons. The highest BCUT2D eigenvalue weighted by Crippen LogP contribution is 2.21. The monoisotopic (exact) mass is 410 g/mol. The lowest BCUT2D eigenvalue weighted by Gasteiger charge is -2.20. The van der Waals surface area contributed by atoms with E-state index in [0.29, 0.717) is 18.7 Å². The Bertz CT molecular complexity index is 812. The van der Waals surface area contributed by atoms with E-state index in [-0.39, 0.29) is 22.4 Å². The van der Waals surface area contributed by atoms with Gasteiger partial charge in [0, 0.05) is 19.1 Å². The molecule has 1 aliphatic carbocycles. The molecule has 28 heavy (non-hydrogen) atoms. The maximum absolute atomic E-state index is 12.7. The van der Waals surface area contributed by atoms with Crippen molar-refractivity contribution in [2.24, 2.45) is 0 Å². The number of ether oxygens (including phenoxy) is 1. The van der Waals surface area contributed by atoms with E-state index in [1.165, 1.54) is 23.4 Å². The van der Waals surface area contributed by atoms with Gasteiger partial charge in [0.2, 0.25) is 10.0 Å². The number of benzene rings is 1. The van der Waals surface area contributed by atoms with Crippen LogP contribution in [0.3, 0.4) is 0 Å². The molecule has 0 aliphatic heterocycles. The number of nitrogens with zero attached hydrogens (tertiary/aromatic N) is 1. The Balaban J connectivity index is 2.15. The van der Waals surface area contributed by atoms with Gasteiger partial charge in [0.1, 0.15) is 0 Å². The van der Waals surface area contributed by atoms with Gasteiger partial charge in [-0.3, -0.25) is 4.79 Å². The van der Waals surface area contributed by atoms with E-state index < -0.39 is 22.1 Å². The maximum atomic E-state index is 12.7. The SMILES string of the molecule is CCN(CC)S(=O)(=O)c1ccc(C)c(C(=O)OC(C)C(=O)NC2CCCC2)c1. The summed E-state index contributed by atoms with van der Waals surface area (Å²) in [6, 6.07) is 4.53. The first kappa shape index (κ1) is 22.4. The number of amides is 1. The molecule has 1 N–H and O–H groups in total. The summed E-state index contributed by atoms with van der Waals surface area (Å²) in [4.78, 5) is 24.9. The lowest BCUT2D eigenvalue weighted by molar-refractivity contribution is -0.129. The van der Waals surface area contributed by atoms with E-state index in [0.717, 1.165) is 25.7 Å². The number of hydrogen-bond acceptors (Lipinski definition) is 5. The summed E-state index contributed by atoms with van der Waals surface area (Å²) in [5.41, 5.74) is 0.737. The topological polar surface area (TPSA) is 92.8 Å². The highest BCUT2D eigenvalue weighted by Gasteiger charge is 2.26. The van der Waals surface area contributed by atoms with Crippen LogP contribution in [0.1, 0.15) is 62.4 Å². The predicted octanol–water partition coefficient (Wildman–Crippen LogP) is 2.63. The van der Waals surface area contributed by atoms with Gasteiger partial charge in [0.05, 0.1) is 10.5 Å². The van der Waals surface area contributed by atoms with Gasteiger partial charge >= 0.3 is 5.97 Å². The molecule has 0 saturated heterocycles. The molecule has 1 aliphatic rings. The largest absolute Gasteiger partial charge is 0.449 e. The van der Waals surface area contributed by atoms with Crippen molar-refractivity contribution in [1.29, 1.82) is 0 Å². The van der Waals surface area contributed by atoms with Crippen molar-refractivity contribution in [2.75, 3.05) is 13.1 Å². The minimum atomic E-state index is -3.69. The third kappa shape index (κ3) is 5.11. The molecule has 1 unspecified atom stereocenters. The van der Waals surface area contributed by atoms with Gasteiger partial charge < -0.3 is 10.1 Å². The average molecular weight is 411 g/mol. The second-order valence-electron chi connectivity index (χ2n) is 7.10. The van der Waals surface area contributed by atoms with Gasteiger partial charge in [-0.25, -0.2) is 13.2 Å². The molecule has 1 aromatic rings. The Morgan fingerprint density at radius 3 is 2.39 bits per heavy atom. The summed E-state index contributed by atoms with van der Waals surface area (Å²) in [5, 5.41) is 2.90. The maximum Gasteiger partial charge on any atom is 0.339 e. The van der Waals surface area contributed by atoms with E-state index in [2.05, 4.69) is 5.32 Å². The summed E-state index contributed by atoms with van der Waals surface area (Å²) in [6.45, 7) is 7.42. The molecule has 8 heteroatoms. The van der Waals surface area contributed by atoms with Crippen LogP contribution in [0.2, 0.25) is 0 Å². The Labute approximate surface area is 167 Å². The van der Waals surface area contributed by atoms with Crippen molar-refractivity contribution >= 4 is 21.9 Å². The van der Waals surface area contributed by atoms with Crippen LogP contribution >= 0.6 is 0 Å². The van der Waals surface area contributed by atoms with Crippen LogP contribution in [0.25, 0.3) is 0 Å². The normalized spacial score (nSPS) is 16.2. The number of hydrogen-bond donors (Lipinski definition) is 1. The van der Waals surface area contributed by atoms with Crippen LogP contribution < -0.4 is 5.32 Å². The van der Waals surface area contributed by atoms with Crippen LogP contribution in [0.4, 0.5) is 0 Å². The molecule has 0 spiro atoms. The zero-order valence-electron chi connectivity index (χ0n) is 17.0. The van der Waals surface area contributed by atoms with E-state index >= 15 is 0 Å². The van der Waals surface area contributed by atoms with Crippen LogP contribution in [0, 0.1) is 6.92 Å². The molecule has 1 aromatic carbocycles. The second-order valence-corrected chi connectivity index (χ2v) is 9.04. The van der Waals surface area contributed by atoms with Gasteiger partial charge in [0.15, 0.2) is 6.10 Å². The second kappa shape index (κ2) is 9.52. The van der Waals surface area contributed by atoms with E-state index in [1.807, 2.05) is 0 Å². The molecule has 2 rings (SSSR count). The third-order valence-electron chi connectivity index (χ3n) is 5.13. The first-order chi connectivity index (χ1) is 13.2. The molecular formula is C20H30N2O5S. The smallest absolute Gasteiger partial charge is 0.339 e. The molecule has 1 atom stereocenters. The molecule has 1 amide bonds. The lowest BCUT2D eigenvalue weighted by Crippen LogP contribution is -2.41. The molecule has 156 valence electrons. The summed E-state index contributed by atoms with van der Waals surface area (Å²) >= 11 is 0. The van der Waals surface area contributed by atoms with Crippen LogP contribution in [-0.4, -0.2) is 49.8 Å². The van der Waals surface area contributed by atoms with Crippen molar-refractivity contribution < 1.29 is 22.7 Å². The number of sulfonamides is 1. The Kier molecular flexibility index (Phi) is 7.60. The standard InChI is InChI=1S/C20H30N2O5S/c1-5-22(6-2)28(25,26)17-12-11-14(3)18(13-17)20(24)27-15(4)19(23)21-16-9-7-8-10-16/h11-13,15-16H,5-10H2,1-4H3,(H,21,23). The summed E-state index contributed by atoms with van der Waals surface area (Å²) in [6.07, 6.45) is 3.11. The fraction of sp³-hybridized carbons (Fsp3) is 0.600. The van der Waals surface area contributed by atoms with Gasteiger partial charge in [0.25, 0.3) is 5.91 Å². The van der Waals surface area contributed by atoms with Gasteiger partial charge in [-0.05, 0) is 44.4 Å². The fourth-order valence-corrected chi connectivity index (χ4v) is 4.85. The van der Waals surface area contributed by atoms with Crippen LogP contribution in [-0.2, 0) is 19.6 Å². The molecule has 0 bridgehead atoms. The highest BCUT2D eigenvalue weighted by atomic mass is 32.2. The fourth-order valence-electron chi connectivity index (χ4n) is 3.36. The molecule has 0 heterocycles. The summed E-state index contributed by atoms with van der Waals surface area (Å²) in [7, 11) is -3.69. The summed E-state index contributed by atoms with van der Waals surface area (Å²) in [5.74, 6) is -1.03. The Hall–Kier alpha value is -1.93. The molecule has 1 fully saturated rings. The lowest BCUT2D eigenvalue weighted by atomic mass is 10.1. The minimum absolute atomic E-state index is 0.0387. The zero-order valence-corrected chi connectivity index (χ0v) is 17.8. The third-order valence-corrected chi connectivity index (χ3v) is 7.17. The molecule has 0 aromatic heterocycles.